The normalized spacial score (nSPS) is 10.8. The number of unbranched alkanes of at least 4 members (excludes halogenated alkanes) is 10. The standard InChI is InChI=1S/C24H40N2O2/c1-3-5-7-9-11-13-19-26(20-14-12-10-8-6-4-2)24(28)22-17-15-21(16-18-22)23(25)27/h15-18H,3-14,19-20H2,1-2H3,(H2,25,27). The van der Waals surface area contributed by atoms with Crippen molar-refractivity contribution in [3.8, 4) is 0 Å². The molecule has 1 aromatic carbocycles. The highest BCUT2D eigenvalue weighted by Gasteiger charge is 2.15. The summed E-state index contributed by atoms with van der Waals surface area (Å²) < 4.78 is 0. The molecule has 2 amide bonds. The smallest absolute Gasteiger partial charge is 0.253 e. The molecule has 1 aromatic rings. The molecule has 0 aliphatic heterocycles. The van der Waals surface area contributed by atoms with Crippen molar-refractivity contribution in [1.29, 1.82) is 0 Å². The second-order valence-electron chi connectivity index (χ2n) is 7.77. The maximum atomic E-state index is 13.0. The van der Waals surface area contributed by atoms with Crippen LogP contribution in [0.15, 0.2) is 24.3 Å². The Bertz CT molecular complexity index is 538. The van der Waals surface area contributed by atoms with Crippen LogP contribution in [0.5, 0.6) is 0 Å². The number of carbonyl (C=O) groups excluding carboxylic acids is 2. The van der Waals surface area contributed by atoms with Crippen LogP contribution in [0, 0.1) is 0 Å². The van der Waals surface area contributed by atoms with E-state index in [-0.39, 0.29) is 5.91 Å². The average molecular weight is 389 g/mol. The SMILES string of the molecule is CCCCCCCCN(CCCCCCCC)C(=O)c1ccc(C(N)=O)cc1. The maximum absolute atomic E-state index is 13.0. The van der Waals surface area contributed by atoms with Gasteiger partial charge in [-0.15, -0.1) is 0 Å². The second-order valence-corrected chi connectivity index (χ2v) is 7.77. The summed E-state index contributed by atoms with van der Waals surface area (Å²) in [5, 5.41) is 0. The van der Waals surface area contributed by atoms with Crippen molar-refractivity contribution in [3.63, 3.8) is 0 Å². The number of nitrogens with zero attached hydrogens (tertiary/aromatic N) is 1. The van der Waals surface area contributed by atoms with E-state index in [9.17, 15) is 9.59 Å². The van der Waals surface area contributed by atoms with Crippen LogP contribution in [0.1, 0.15) is 112 Å². The van der Waals surface area contributed by atoms with Gasteiger partial charge in [0.15, 0.2) is 0 Å². The van der Waals surface area contributed by atoms with E-state index in [1.165, 1.54) is 64.2 Å². The number of benzene rings is 1. The average Bonchev–Trinajstić information content (AvgIpc) is 2.71. The monoisotopic (exact) mass is 388 g/mol. The van der Waals surface area contributed by atoms with Gasteiger partial charge in [0.25, 0.3) is 5.91 Å². The summed E-state index contributed by atoms with van der Waals surface area (Å²) in [6.07, 6.45) is 14.7. The number of carbonyl (C=O) groups is 2. The largest absolute Gasteiger partial charge is 0.366 e. The zero-order valence-corrected chi connectivity index (χ0v) is 18.0. The molecule has 2 N–H and O–H groups in total. The summed E-state index contributed by atoms with van der Waals surface area (Å²) >= 11 is 0. The Kier molecular flexibility index (Phi) is 13.1. The molecule has 28 heavy (non-hydrogen) atoms. The van der Waals surface area contributed by atoms with Crippen LogP contribution in [-0.4, -0.2) is 29.8 Å². The van der Waals surface area contributed by atoms with Crippen LogP contribution in [0.3, 0.4) is 0 Å². The number of rotatable bonds is 16. The number of hydrogen-bond acceptors (Lipinski definition) is 2. The lowest BCUT2D eigenvalue weighted by Gasteiger charge is -2.23. The molecule has 0 unspecified atom stereocenters. The minimum atomic E-state index is -0.463. The van der Waals surface area contributed by atoms with Gasteiger partial charge in [0.1, 0.15) is 0 Å². The van der Waals surface area contributed by atoms with E-state index in [1.54, 1.807) is 24.3 Å². The predicted octanol–water partition coefficient (Wildman–Crippen LogP) is 5.95. The zero-order chi connectivity index (χ0) is 20.6. The number of hydrogen-bond donors (Lipinski definition) is 1. The molecule has 0 saturated heterocycles. The zero-order valence-electron chi connectivity index (χ0n) is 18.0. The minimum absolute atomic E-state index is 0.0677. The van der Waals surface area contributed by atoms with Gasteiger partial charge in [0.05, 0.1) is 0 Å². The molecule has 0 aliphatic carbocycles. The van der Waals surface area contributed by atoms with Crippen LogP contribution in [0.4, 0.5) is 0 Å². The first-order valence-corrected chi connectivity index (χ1v) is 11.3. The van der Waals surface area contributed by atoms with Gasteiger partial charge in [-0.2, -0.15) is 0 Å². The first kappa shape index (κ1) is 24.2. The Morgan fingerprint density at radius 3 is 1.50 bits per heavy atom. The third kappa shape index (κ3) is 9.91. The topological polar surface area (TPSA) is 63.4 Å². The molecule has 0 radical (unpaired) electrons. The number of amides is 2. The van der Waals surface area contributed by atoms with Crippen LogP contribution >= 0.6 is 0 Å². The van der Waals surface area contributed by atoms with Crippen molar-refractivity contribution >= 4 is 11.8 Å². The van der Waals surface area contributed by atoms with Gasteiger partial charge in [-0.3, -0.25) is 9.59 Å². The van der Waals surface area contributed by atoms with Crippen molar-refractivity contribution < 1.29 is 9.59 Å². The highest BCUT2D eigenvalue weighted by atomic mass is 16.2. The number of primary amides is 1. The van der Waals surface area contributed by atoms with E-state index in [4.69, 9.17) is 5.73 Å². The summed E-state index contributed by atoms with van der Waals surface area (Å²) in [6, 6.07) is 6.72. The van der Waals surface area contributed by atoms with Gasteiger partial charge >= 0.3 is 0 Å². The predicted molar refractivity (Wildman–Crippen MR) is 118 cm³/mol. The highest BCUT2D eigenvalue weighted by Crippen LogP contribution is 2.13. The molecule has 0 saturated carbocycles. The van der Waals surface area contributed by atoms with Crippen LogP contribution in [-0.2, 0) is 0 Å². The second kappa shape index (κ2) is 15.1. The van der Waals surface area contributed by atoms with Crippen LogP contribution in [0.25, 0.3) is 0 Å². The Hall–Kier alpha value is -1.84. The van der Waals surface area contributed by atoms with Crippen molar-refractivity contribution in [3.05, 3.63) is 35.4 Å². The molecule has 0 heterocycles. The van der Waals surface area contributed by atoms with Gasteiger partial charge in [0, 0.05) is 24.2 Å². The van der Waals surface area contributed by atoms with Gasteiger partial charge in [-0.1, -0.05) is 78.1 Å². The van der Waals surface area contributed by atoms with Gasteiger partial charge in [-0.05, 0) is 37.1 Å². The van der Waals surface area contributed by atoms with Crippen molar-refractivity contribution in [1.82, 2.24) is 4.90 Å². The highest BCUT2D eigenvalue weighted by molar-refractivity contribution is 5.97. The fraction of sp³-hybridized carbons (Fsp3) is 0.667. The van der Waals surface area contributed by atoms with Crippen LogP contribution < -0.4 is 5.73 Å². The van der Waals surface area contributed by atoms with E-state index in [1.807, 2.05) is 4.90 Å². The molecular formula is C24H40N2O2. The summed E-state index contributed by atoms with van der Waals surface area (Å²) in [6.45, 7) is 6.09. The molecule has 0 fully saturated rings. The Balaban J connectivity index is 2.56. The molecule has 0 spiro atoms. The Morgan fingerprint density at radius 1 is 0.679 bits per heavy atom. The van der Waals surface area contributed by atoms with Gasteiger partial charge in [0.2, 0.25) is 5.91 Å². The molecule has 4 nitrogen and oxygen atoms in total. The van der Waals surface area contributed by atoms with Gasteiger partial charge in [-0.25, -0.2) is 0 Å². The molecule has 0 aliphatic rings. The van der Waals surface area contributed by atoms with E-state index >= 15 is 0 Å². The summed E-state index contributed by atoms with van der Waals surface area (Å²) in [4.78, 5) is 26.2. The molecule has 4 heteroatoms. The third-order valence-electron chi connectivity index (χ3n) is 5.27. The summed E-state index contributed by atoms with van der Waals surface area (Å²) in [7, 11) is 0. The van der Waals surface area contributed by atoms with Crippen LogP contribution in [0.2, 0.25) is 0 Å². The van der Waals surface area contributed by atoms with E-state index in [0.717, 1.165) is 25.9 Å². The number of nitrogens with two attached hydrogens (primary N) is 1. The summed E-state index contributed by atoms with van der Waals surface area (Å²) in [5.41, 5.74) is 6.38. The molecule has 158 valence electrons. The fourth-order valence-corrected chi connectivity index (χ4v) is 3.44. The summed E-state index contributed by atoms with van der Waals surface area (Å²) in [5.74, 6) is -0.395. The van der Waals surface area contributed by atoms with E-state index in [0.29, 0.717) is 11.1 Å². The molecule has 0 aromatic heterocycles. The Morgan fingerprint density at radius 2 is 1.07 bits per heavy atom. The third-order valence-corrected chi connectivity index (χ3v) is 5.27. The van der Waals surface area contributed by atoms with Crippen molar-refractivity contribution in [2.45, 2.75) is 90.9 Å². The molecular weight excluding hydrogens is 348 g/mol. The lowest BCUT2D eigenvalue weighted by atomic mass is 10.1. The lowest BCUT2D eigenvalue weighted by Crippen LogP contribution is -2.33. The maximum Gasteiger partial charge on any atom is 0.253 e. The molecule has 0 atom stereocenters. The molecule has 0 bridgehead atoms. The quantitative estimate of drug-likeness (QED) is 0.356. The fourth-order valence-electron chi connectivity index (χ4n) is 3.44. The lowest BCUT2D eigenvalue weighted by molar-refractivity contribution is 0.0748. The van der Waals surface area contributed by atoms with Gasteiger partial charge < -0.3 is 10.6 Å². The Labute approximate surface area is 171 Å². The first-order valence-electron chi connectivity index (χ1n) is 11.3. The van der Waals surface area contributed by atoms with Crippen molar-refractivity contribution in [2.24, 2.45) is 5.73 Å². The molecule has 1 rings (SSSR count). The van der Waals surface area contributed by atoms with E-state index in [2.05, 4.69) is 13.8 Å². The van der Waals surface area contributed by atoms with E-state index < -0.39 is 5.91 Å². The minimum Gasteiger partial charge on any atom is -0.366 e. The first-order chi connectivity index (χ1) is 13.6. The van der Waals surface area contributed by atoms with Crippen molar-refractivity contribution in [2.75, 3.05) is 13.1 Å².